The predicted molar refractivity (Wildman–Crippen MR) is 168 cm³/mol. The molecule has 11 heteroatoms. The van der Waals surface area contributed by atoms with E-state index in [4.69, 9.17) is 28.9 Å². The maximum absolute atomic E-state index is 13.5. The molecule has 1 aliphatic carbocycles. The van der Waals surface area contributed by atoms with Crippen molar-refractivity contribution in [1.29, 1.82) is 0 Å². The predicted octanol–water partition coefficient (Wildman–Crippen LogP) is 4.17. The Morgan fingerprint density at radius 3 is 2.21 bits per heavy atom. The van der Waals surface area contributed by atoms with Crippen LogP contribution in [0.4, 0.5) is 0 Å². The molecule has 9 nitrogen and oxygen atoms in total. The van der Waals surface area contributed by atoms with Crippen LogP contribution in [-0.4, -0.2) is 52.5 Å². The topological polar surface area (TPSA) is 151 Å². The van der Waals surface area contributed by atoms with Crippen LogP contribution in [-0.2, 0) is 20.8 Å². The van der Waals surface area contributed by atoms with Crippen LogP contribution >= 0.6 is 23.2 Å². The first-order valence-corrected chi connectivity index (χ1v) is 15.4. The smallest absolute Gasteiger partial charge is 0.252 e. The summed E-state index contributed by atoms with van der Waals surface area (Å²) in [5.74, 6) is -2.48. The first-order valence-electron chi connectivity index (χ1n) is 14.6. The number of amides is 4. The molecule has 2 aromatic rings. The summed E-state index contributed by atoms with van der Waals surface area (Å²) in [4.78, 5) is 51.5. The Kier molecular flexibility index (Phi) is 12.4. The van der Waals surface area contributed by atoms with Gasteiger partial charge < -0.3 is 26.8 Å². The van der Waals surface area contributed by atoms with E-state index >= 15 is 0 Å². The van der Waals surface area contributed by atoms with Gasteiger partial charge in [0.05, 0.1) is 18.6 Å². The highest BCUT2D eigenvalue weighted by atomic mass is 35.5. The third kappa shape index (κ3) is 11.1. The lowest BCUT2D eigenvalue weighted by Crippen LogP contribution is -2.54. The third-order valence-corrected chi connectivity index (χ3v) is 7.97. The highest BCUT2D eigenvalue weighted by molar-refractivity contribution is 6.35. The van der Waals surface area contributed by atoms with Crippen LogP contribution in [0.3, 0.4) is 0 Å². The molecule has 6 N–H and O–H groups in total. The minimum Gasteiger partial charge on any atom is -0.391 e. The fourth-order valence-electron chi connectivity index (χ4n) is 5.54. The Hall–Kier alpha value is -3.14. The van der Waals surface area contributed by atoms with Gasteiger partial charge in [-0.25, -0.2) is 0 Å². The number of benzene rings is 2. The number of aliphatic hydroxyl groups excluding tert-OH is 1. The molecule has 3 rings (SSSR count). The van der Waals surface area contributed by atoms with Gasteiger partial charge in [0.15, 0.2) is 0 Å². The minimum atomic E-state index is -1.31. The van der Waals surface area contributed by atoms with E-state index in [1.807, 2.05) is 51.1 Å². The molecule has 43 heavy (non-hydrogen) atoms. The van der Waals surface area contributed by atoms with Gasteiger partial charge in [0, 0.05) is 27.1 Å². The Labute approximate surface area is 263 Å². The van der Waals surface area contributed by atoms with Crippen molar-refractivity contribution >= 4 is 46.8 Å². The summed E-state index contributed by atoms with van der Waals surface area (Å²) in [6.07, 6.45) is 2.53. The number of nitrogens with one attached hydrogen (secondary N) is 3. The maximum Gasteiger partial charge on any atom is 0.252 e. The monoisotopic (exact) mass is 632 g/mol. The zero-order valence-electron chi connectivity index (χ0n) is 24.9. The van der Waals surface area contributed by atoms with Gasteiger partial charge in [0.2, 0.25) is 17.7 Å². The first-order chi connectivity index (χ1) is 20.2. The Morgan fingerprint density at radius 2 is 1.60 bits per heavy atom. The lowest BCUT2D eigenvalue weighted by Gasteiger charge is -2.36. The number of carbonyl (C=O) groups excluding carboxylic acids is 4. The Balaban J connectivity index is 1.81. The molecular formula is C32H42Cl2N4O5. The van der Waals surface area contributed by atoms with E-state index in [9.17, 15) is 24.3 Å². The molecule has 2 aromatic carbocycles. The number of primary amides is 1. The average molecular weight is 634 g/mol. The van der Waals surface area contributed by atoms with Crippen LogP contribution in [0.2, 0.25) is 10.0 Å². The van der Waals surface area contributed by atoms with Crippen LogP contribution in [0.15, 0.2) is 48.5 Å². The van der Waals surface area contributed by atoms with Crippen molar-refractivity contribution in [2.45, 2.75) is 89.4 Å². The zero-order valence-corrected chi connectivity index (χ0v) is 26.4. The van der Waals surface area contributed by atoms with Gasteiger partial charge in [-0.05, 0) is 76.1 Å². The van der Waals surface area contributed by atoms with E-state index in [0.29, 0.717) is 12.8 Å². The van der Waals surface area contributed by atoms with Crippen molar-refractivity contribution in [1.82, 2.24) is 16.0 Å². The molecule has 0 aliphatic heterocycles. The van der Waals surface area contributed by atoms with Crippen LogP contribution in [0.25, 0.3) is 0 Å². The molecule has 1 aliphatic rings. The number of rotatable bonds is 12. The van der Waals surface area contributed by atoms with Crippen molar-refractivity contribution in [2.75, 3.05) is 0 Å². The lowest BCUT2D eigenvalue weighted by molar-refractivity contribution is -0.130. The fraction of sp³-hybridized carbons (Fsp3) is 0.500. The number of carbonyl (C=O) groups is 4. The van der Waals surface area contributed by atoms with E-state index in [1.165, 1.54) is 18.2 Å². The highest BCUT2D eigenvalue weighted by Crippen LogP contribution is 2.34. The fourth-order valence-corrected chi connectivity index (χ4v) is 6.07. The maximum atomic E-state index is 13.5. The molecular weight excluding hydrogens is 591 g/mol. The SMILES string of the molecule is CC(C)(C)NC(=O)C1CCCCC1CC(O)C(Cc1ccccc1)NC(=O)[C@H](CC(N)=O)NC(=O)c1cc(Cl)cc(Cl)c1. The van der Waals surface area contributed by atoms with Crippen molar-refractivity contribution in [3.8, 4) is 0 Å². The second-order valence-corrected chi connectivity index (χ2v) is 13.2. The van der Waals surface area contributed by atoms with E-state index in [1.54, 1.807) is 0 Å². The van der Waals surface area contributed by atoms with Gasteiger partial charge >= 0.3 is 0 Å². The average Bonchev–Trinajstić information content (AvgIpc) is 2.91. The van der Waals surface area contributed by atoms with Gasteiger partial charge in [-0.15, -0.1) is 0 Å². The van der Waals surface area contributed by atoms with Crippen molar-refractivity contribution in [3.63, 3.8) is 0 Å². The van der Waals surface area contributed by atoms with Gasteiger partial charge in [-0.1, -0.05) is 66.4 Å². The van der Waals surface area contributed by atoms with Crippen molar-refractivity contribution < 1.29 is 24.3 Å². The second kappa shape index (κ2) is 15.5. The molecule has 0 bridgehead atoms. The summed E-state index contributed by atoms with van der Waals surface area (Å²) >= 11 is 12.1. The molecule has 4 unspecified atom stereocenters. The summed E-state index contributed by atoms with van der Waals surface area (Å²) < 4.78 is 0. The van der Waals surface area contributed by atoms with Gasteiger partial charge in [-0.2, -0.15) is 0 Å². The number of halogens is 2. The summed E-state index contributed by atoms with van der Waals surface area (Å²) in [6.45, 7) is 5.81. The summed E-state index contributed by atoms with van der Waals surface area (Å²) in [5, 5.41) is 20.5. The number of nitrogens with two attached hydrogens (primary N) is 1. The molecule has 0 saturated heterocycles. The van der Waals surface area contributed by atoms with Gasteiger partial charge in [-0.3, -0.25) is 19.2 Å². The number of hydrogen-bond donors (Lipinski definition) is 5. The molecule has 0 radical (unpaired) electrons. The molecule has 0 aromatic heterocycles. The van der Waals surface area contributed by atoms with Crippen molar-refractivity contribution in [3.05, 3.63) is 69.7 Å². The zero-order chi connectivity index (χ0) is 31.7. The first kappa shape index (κ1) is 34.4. The van der Waals surface area contributed by atoms with E-state index < -0.39 is 42.3 Å². The molecule has 1 saturated carbocycles. The van der Waals surface area contributed by atoms with Crippen molar-refractivity contribution in [2.24, 2.45) is 17.6 Å². The lowest BCUT2D eigenvalue weighted by atomic mass is 9.74. The van der Waals surface area contributed by atoms with Gasteiger partial charge in [0.1, 0.15) is 6.04 Å². The van der Waals surface area contributed by atoms with E-state index in [-0.39, 0.29) is 38.9 Å². The standard InChI is InChI=1S/C32H42Cl2N4O5/c1-32(2,3)38-30(42)24-12-8-7-11-20(24)16-27(39)25(13-19-9-5-4-6-10-19)36-31(43)26(18-28(35)40)37-29(41)21-14-22(33)17-23(34)15-21/h4-6,9-10,14-15,17,20,24-27,39H,7-8,11-13,16,18H2,1-3H3,(H2,35,40)(H,36,43)(H,37,41)(H,38,42)/t20?,24?,25?,26-,27?/m0/s1. The van der Waals surface area contributed by atoms with Crippen LogP contribution in [0, 0.1) is 11.8 Å². The summed E-state index contributed by atoms with van der Waals surface area (Å²) in [6, 6.07) is 11.5. The third-order valence-electron chi connectivity index (χ3n) is 7.53. The van der Waals surface area contributed by atoms with Crippen LogP contribution < -0.4 is 21.7 Å². The molecule has 0 heterocycles. The summed E-state index contributed by atoms with van der Waals surface area (Å²) in [7, 11) is 0. The van der Waals surface area contributed by atoms with Crippen LogP contribution in [0.1, 0.15) is 75.2 Å². The Morgan fingerprint density at radius 1 is 0.977 bits per heavy atom. The number of hydrogen-bond acceptors (Lipinski definition) is 5. The van der Waals surface area contributed by atoms with Gasteiger partial charge in [0.25, 0.3) is 5.91 Å². The highest BCUT2D eigenvalue weighted by Gasteiger charge is 2.36. The molecule has 0 spiro atoms. The normalized spacial score (nSPS) is 19.0. The summed E-state index contributed by atoms with van der Waals surface area (Å²) in [5.41, 5.74) is 6.03. The Bertz CT molecular complexity index is 1260. The molecule has 4 amide bonds. The van der Waals surface area contributed by atoms with Crippen LogP contribution in [0.5, 0.6) is 0 Å². The molecule has 1 fully saturated rings. The molecule has 234 valence electrons. The quantitative estimate of drug-likeness (QED) is 0.238. The number of aliphatic hydroxyl groups is 1. The minimum absolute atomic E-state index is 0.0293. The largest absolute Gasteiger partial charge is 0.391 e. The molecule has 5 atom stereocenters. The van der Waals surface area contributed by atoms with E-state index in [0.717, 1.165) is 31.2 Å². The van der Waals surface area contributed by atoms with E-state index in [2.05, 4.69) is 16.0 Å². The second-order valence-electron chi connectivity index (χ2n) is 12.4.